The van der Waals surface area contributed by atoms with Crippen molar-refractivity contribution in [2.75, 3.05) is 6.61 Å². The van der Waals surface area contributed by atoms with Crippen molar-refractivity contribution in [1.82, 2.24) is 0 Å². The Hall–Kier alpha value is -0.900. The van der Waals surface area contributed by atoms with Crippen LogP contribution in [0.25, 0.3) is 0 Å². The molecule has 0 spiro atoms. The van der Waals surface area contributed by atoms with Crippen LogP contribution in [0.1, 0.15) is 18.4 Å². The van der Waals surface area contributed by atoms with Crippen molar-refractivity contribution in [2.24, 2.45) is 0 Å². The molecule has 0 radical (unpaired) electrons. The van der Waals surface area contributed by atoms with Gasteiger partial charge in [-0.05, 0) is 18.4 Å². The smallest absolute Gasteiger partial charge is 0.0834 e. The summed E-state index contributed by atoms with van der Waals surface area (Å²) < 4.78 is 5.70. The first-order valence-corrected chi connectivity index (χ1v) is 5.76. The van der Waals surface area contributed by atoms with E-state index in [4.69, 9.17) is 9.84 Å². The summed E-state index contributed by atoms with van der Waals surface area (Å²) >= 11 is 0. The number of rotatable bonds is 3. The van der Waals surface area contributed by atoms with Gasteiger partial charge < -0.3 is 14.9 Å². The van der Waals surface area contributed by atoms with Gasteiger partial charge in [0.05, 0.1) is 24.9 Å². The minimum atomic E-state index is -0.348. The zero-order valence-corrected chi connectivity index (χ0v) is 9.25. The Morgan fingerprint density at radius 2 is 1.81 bits per heavy atom. The van der Waals surface area contributed by atoms with Gasteiger partial charge >= 0.3 is 0 Å². The van der Waals surface area contributed by atoms with E-state index in [2.05, 4.69) is 12.1 Å². The summed E-state index contributed by atoms with van der Waals surface area (Å²) in [7, 11) is 0. The van der Waals surface area contributed by atoms with Crippen LogP contribution < -0.4 is 0 Å². The third-order valence-electron chi connectivity index (χ3n) is 2.96. The molecule has 0 amide bonds. The van der Waals surface area contributed by atoms with Crippen molar-refractivity contribution >= 4 is 0 Å². The molecule has 0 aromatic heterocycles. The van der Waals surface area contributed by atoms with E-state index in [0.717, 1.165) is 6.42 Å². The second-order valence-corrected chi connectivity index (χ2v) is 4.38. The average Bonchev–Trinajstić information content (AvgIpc) is 2.29. The molecule has 0 aliphatic carbocycles. The van der Waals surface area contributed by atoms with Gasteiger partial charge in [0.1, 0.15) is 0 Å². The minimum Gasteiger partial charge on any atom is -0.394 e. The van der Waals surface area contributed by atoms with Gasteiger partial charge in [0, 0.05) is 6.42 Å². The lowest BCUT2D eigenvalue weighted by Crippen LogP contribution is -2.38. The number of hydrogen-bond donors (Lipinski definition) is 2. The van der Waals surface area contributed by atoms with E-state index in [1.54, 1.807) is 0 Å². The summed E-state index contributed by atoms with van der Waals surface area (Å²) in [5, 5.41) is 18.7. The average molecular weight is 222 g/mol. The molecule has 1 aliphatic rings. The largest absolute Gasteiger partial charge is 0.394 e. The van der Waals surface area contributed by atoms with Crippen molar-refractivity contribution in [3.05, 3.63) is 35.9 Å². The molecule has 2 rings (SSSR count). The highest BCUT2D eigenvalue weighted by Gasteiger charge is 2.27. The highest BCUT2D eigenvalue weighted by atomic mass is 16.5. The van der Waals surface area contributed by atoms with Gasteiger partial charge in [-0.3, -0.25) is 0 Å². The predicted octanol–water partition coefficient (Wildman–Crippen LogP) is 1.13. The second-order valence-electron chi connectivity index (χ2n) is 4.38. The lowest BCUT2D eigenvalue weighted by Gasteiger charge is -2.32. The van der Waals surface area contributed by atoms with Gasteiger partial charge in [-0.15, -0.1) is 0 Å². The molecule has 1 saturated heterocycles. The van der Waals surface area contributed by atoms with Crippen LogP contribution >= 0.6 is 0 Å². The van der Waals surface area contributed by atoms with E-state index in [-0.39, 0.29) is 24.9 Å². The zero-order valence-electron chi connectivity index (χ0n) is 9.25. The first-order chi connectivity index (χ1) is 7.78. The molecule has 0 bridgehead atoms. The molecule has 0 unspecified atom stereocenters. The second kappa shape index (κ2) is 5.43. The molecular formula is C13H18O3. The van der Waals surface area contributed by atoms with Gasteiger partial charge in [0.2, 0.25) is 0 Å². The maximum absolute atomic E-state index is 9.67. The Morgan fingerprint density at radius 1 is 1.12 bits per heavy atom. The van der Waals surface area contributed by atoms with Gasteiger partial charge in [-0.25, -0.2) is 0 Å². The summed E-state index contributed by atoms with van der Waals surface area (Å²) in [4.78, 5) is 0. The predicted molar refractivity (Wildman–Crippen MR) is 61.1 cm³/mol. The van der Waals surface area contributed by atoms with Gasteiger partial charge in [0.15, 0.2) is 0 Å². The molecule has 1 aromatic rings. The summed E-state index contributed by atoms with van der Waals surface area (Å²) in [6, 6.07) is 10.1. The monoisotopic (exact) mass is 222 g/mol. The lowest BCUT2D eigenvalue weighted by molar-refractivity contribution is -0.110. The number of aliphatic hydroxyl groups excluding tert-OH is 2. The topological polar surface area (TPSA) is 49.7 Å². The lowest BCUT2D eigenvalue weighted by atomic mass is 9.96. The molecule has 0 saturated carbocycles. The fourth-order valence-corrected chi connectivity index (χ4v) is 2.21. The van der Waals surface area contributed by atoms with Crippen LogP contribution in [0.3, 0.4) is 0 Å². The van der Waals surface area contributed by atoms with Crippen molar-refractivity contribution in [1.29, 1.82) is 0 Å². The third kappa shape index (κ3) is 3.04. The van der Waals surface area contributed by atoms with E-state index in [0.29, 0.717) is 12.8 Å². The van der Waals surface area contributed by atoms with Crippen LogP contribution in [0.15, 0.2) is 30.3 Å². The summed E-state index contributed by atoms with van der Waals surface area (Å²) in [5.74, 6) is 0. The molecule has 88 valence electrons. The number of benzene rings is 1. The molecular weight excluding hydrogens is 204 g/mol. The Kier molecular flexibility index (Phi) is 3.93. The van der Waals surface area contributed by atoms with Crippen molar-refractivity contribution < 1.29 is 14.9 Å². The number of ether oxygens (including phenoxy) is 1. The number of hydrogen-bond acceptors (Lipinski definition) is 3. The van der Waals surface area contributed by atoms with Crippen LogP contribution in [0.5, 0.6) is 0 Å². The zero-order chi connectivity index (χ0) is 11.4. The van der Waals surface area contributed by atoms with Crippen molar-refractivity contribution in [2.45, 2.75) is 37.6 Å². The minimum absolute atomic E-state index is 0.0116. The van der Waals surface area contributed by atoms with Crippen molar-refractivity contribution in [3.8, 4) is 0 Å². The van der Waals surface area contributed by atoms with Crippen LogP contribution in [-0.4, -0.2) is 35.1 Å². The number of aliphatic hydroxyl groups is 2. The van der Waals surface area contributed by atoms with Gasteiger partial charge in [-0.2, -0.15) is 0 Å². The molecule has 1 heterocycles. The molecule has 16 heavy (non-hydrogen) atoms. The third-order valence-corrected chi connectivity index (χ3v) is 2.96. The Bertz CT molecular complexity index is 312. The molecule has 1 fully saturated rings. The normalized spacial score (nSPS) is 30.2. The van der Waals surface area contributed by atoms with E-state index in [9.17, 15) is 5.11 Å². The van der Waals surface area contributed by atoms with Gasteiger partial charge in [0.25, 0.3) is 0 Å². The standard InChI is InChI=1S/C13H18O3/c14-9-13-8-11(15)7-12(16-13)6-10-4-2-1-3-5-10/h1-5,11-15H,6-9H2/t11-,12+,13+/m1/s1. The maximum atomic E-state index is 9.67. The molecule has 3 heteroatoms. The maximum Gasteiger partial charge on any atom is 0.0834 e. The summed E-state index contributed by atoms with van der Waals surface area (Å²) in [6.45, 7) is -0.0116. The van der Waals surface area contributed by atoms with Crippen LogP contribution in [0, 0.1) is 0 Å². The van der Waals surface area contributed by atoms with Gasteiger partial charge in [-0.1, -0.05) is 30.3 Å². The van der Waals surface area contributed by atoms with Crippen LogP contribution in [-0.2, 0) is 11.2 Å². The molecule has 1 aromatic carbocycles. The van der Waals surface area contributed by atoms with E-state index < -0.39 is 0 Å². The van der Waals surface area contributed by atoms with Crippen molar-refractivity contribution in [3.63, 3.8) is 0 Å². The first-order valence-electron chi connectivity index (χ1n) is 5.76. The molecule has 3 atom stereocenters. The molecule has 2 N–H and O–H groups in total. The SMILES string of the molecule is OC[C@@H]1C[C@H](O)C[C@H](Cc2ccccc2)O1. The Balaban J connectivity index is 1.94. The van der Waals surface area contributed by atoms with E-state index >= 15 is 0 Å². The van der Waals surface area contributed by atoms with Crippen LogP contribution in [0.4, 0.5) is 0 Å². The highest BCUT2D eigenvalue weighted by Crippen LogP contribution is 2.22. The fraction of sp³-hybridized carbons (Fsp3) is 0.538. The fourth-order valence-electron chi connectivity index (χ4n) is 2.21. The Labute approximate surface area is 95.7 Å². The summed E-state index contributed by atoms with van der Waals surface area (Å²) in [6.07, 6.45) is 1.46. The Morgan fingerprint density at radius 3 is 2.50 bits per heavy atom. The molecule has 1 aliphatic heterocycles. The first kappa shape index (κ1) is 11.6. The van der Waals surface area contributed by atoms with E-state index in [1.165, 1.54) is 5.56 Å². The highest BCUT2D eigenvalue weighted by molar-refractivity contribution is 5.15. The summed E-state index contributed by atoms with van der Waals surface area (Å²) in [5.41, 5.74) is 1.21. The quantitative estimate of drug-likeness (QED) is 0.806. The van der Waals surface area contributed by atoms with Crippen LogP contribution in [0.2, 0.25) is 0 Å². The van der Waals surface area contributed by atoms with E-state index in [1.807, 2.05) is 18.2 Å². The molecule has 3 nitrogen and oxygen atoms in total.